The number of amides is 3. The van der Waals surface area contributed by atoms with E-state index in [2.05, 4.69) is 5.32 Å². The molecule has 3 rings (SSSR count). The molecule has 0 spiro atoms. The van der Waals surface area contributed by atoms with Crippen LogP contribution in [0.3, 0.4) is 0 Å². The quantitative estimate of drug-likeness (QED) is 0.758. The van der Waals surface area contributed by atoms with Gasteiger partial charge in [-0.3, -0.25) is 24.6 Å². The second-order valence-electron chi connectivity index (χ2n) is 4.99. The van der Waals surface area contributed by atoms with Crippen LogP contribution in [0.25, 0.3) is 0 Å². The smallest absolute Gasteiger partial charge is 0.265 e. The molecule has 104 valence electrons. The SMILES string of the molecule is Cc1ccc2c(c1)OCC(=O)N2C1CCC(=O)NC1=O. The maximum atomic E-state index is 12.1. The van der Waals surface area contributed by atoms with Crippen LogP contribution in [-0.4, -0.2) is 30.4 Å². The van der Waals surface area contributed by atoms with Crippen molar-refractivity contribution in [2.24, 2.45) is 0 Å². The van der Waals surface area contributed by atoms with Crippen LogP contribution in [-0.2, 0) is 14.4 Å². The number of anilines is 1. The van der Waals surface area contributed by atoms with Crippen molar-refractivity contribution in [3.05, 3.63) is 23.8 Å². The fourth-order valence-electron chi connectivity index (χ4n) is 2.55. The van der Waals surface area contributed by atoms with E-state index < -0.39 is 11.9 Å². The number of rotatable bonds is 1. The maximum absolute atomic E-state index is 12.1. The van der Waals surface area contributed by atoms with Gasteiger partial charge in [0.05, 0.1) is 5.69 Å². The standard InChI is InChI=1S/C14H14N2O4/c1-8-2-3-9-11(6-8)20-7-13(18)16(9)10-4-5-12(17)15-14(10)19/h2-3,6,10H,4-5,7H2,1H3,(H,15,17,19). The average molecular weight is 274 g/mol. The molecule has 0 bridgehead atoms. The van der Waals surface area contributed by atoms with E-state index in [-0.39, 0.29) is 24.8 Å². The van der Waals surface area contributed by atoms with Gasteiger partial charge in [0.25, 0.3) is 5.91 Å². The first-order valence-corrected chi connectivity index (χ1v) is 6.45. The van der Waals surface area contributed by atoms with Crippen LogP contribution < -0.4 is 15.0 Å². The summed E-state index contributed by atoms with van der Waals surface area (Å²) in [4.78, 5) is 36.7. The van der Waals surface area contributed by atoms with E-state index in [0.29, 0.717) is 17.9 Å². The summed E-state index contributed by atoms with van der Waals surface area (Å²) in [6.45, 7) is 1.84. The number of nitrogens with zero attached hydrogens (tertiary/aromatic N) is 1. The number of carbonyl (C=O) groups is 3. The average Bonchev–Trinajstić information content (AvgIpc) is 2.40. The van der Waals surface area contributed by atoms with Gasteiger partial charge in [0, 0.05) is 6.42 Å². The van der Waals surface area contributed by atoms with E-state index in [1.165, 1.54) is 4.90 Å². The molecule has 0 saturated carbocycles. The van der Waals surface area contributed by atoms with E-state index in [0.717, 1.165) is 5.56 Å². The number of piperidine rings is 1. The summed E-state index contributed by atoms with van der Waals surface area (Å²) in [7, 11) is 0. The lowest BCUT2D eigenvalue weighted by Gasteiger charge is -2.36. The van der Waals surface area contributed by atoms with Gasteiger partial charge < -0.3 is 4.74 Å². The van der Waals surface area contributed by atoms with E-state index in [1.54, 1.807) is 6.07 Å². The molecule has 1 atom stereocenters. The van der Waals surface area contributed by atoms with E-state index in [1.807, 2.05) is 19.1 Å². The van der Waals surface area contributed by atoms with Crippen molar-refractivity contribution in [1.82, 2.24) is 5.32 Å². The van der Waals surface area contributed by atoms with Crippen LogP contribution in [0.1, 0.15) is 18.4 Å². The fourth-order valence-corrected chi connectivity index (χ4v) is 2.55. The third-order valence-electron chi connectivity index (χ3n) is 3.52. The predicted octanol–water partition coefficient (Wildman–Crippen LogP) is 0.526. The Balaban J connectivity index is 1.99. The Hall–Kier alpha value is -2.37. The van der Waals surface area contributed by atoms with Gasteiger partial charge in [-0.2, -0.15) is 0 Å². The molecule has 20 heavy (non-hydrogen) atoms. The Morgan fingerprint density at radius 3 is 2.85 bits per heavy atom. The number of hydrogen-bond donors (Lipinski definition) is 1. The van der Waals surface area contributed by atoms with Crippen LogP contribution in [0.2, 0.25) is 0 Å². The van der Waals surface area contributed by atoms with Crippen molar-refractivity contribution >= 4 is 23.4 Å². The normalized spacial score (nSPS) is 22.1. The van der Waals surface area contributed by atoms with Crippen LogP contribution in [0.5, 0.6) is 5.75 Å². The lowest BCUT2D eigenvalue weighted by molar-refractivity contribution is -0.136. The van der Waals surface area contributed by atoms with Crippen molar-refractivity contribution in [1.29, 1.82) is 0 Å². The van der Waals surface area contributed by atoms with Gasteiger partial charge in [-0.1, -0.05) is 6.07 Å². The fraction of sp³-hybridized carbons (Fsp3) is 0.357. The molecule has 2 aliphatic rings. The highest BCUT2D eigenvalue weighted by atomic mass is 16.5. The Bertz CT molecular complexity index is 611. The summed E-state index contributed by atoms with van der Waals surface area (Å²) >= 11 is 0. The molecular formula is C14H14N2O4. The van der Waals surface area contributed by atoms with E-state index in [9.17, 15) is 14.4 Å². The molecule has 1 saturated heterocycles. The zero-order valence-corrected chi connectivity index (χ0v) is 11.0. The number of nitrogens with one attached hydrogen (secondary N) is 1. The Kier molecular flexibility index (Phi) is 2.93. The number of carbonyl (C=O) groups excluding carboxylic acids is 3. The number of ether oxygens (including phenoxy) is 1. The first kappa shape index (κ1) is 12.7. The zero-order valence-electron chi connectivity index (χ0n) is 11.0. The number of fused-ring (bicyclic) bond motifs is 1. The molecule has 1 unspecified atom stereocenters. The summed E-state index contributed by atoms with van der Waals surface area (Å²) in [5, 5.41) is 2.28. The molecule has 0 aliphatic carbocycles. The van der Waals surface area contributed by atoms with Gasteiger partial charge in [0.15, 0.2) is 6.61 Å². The van der Waals surface area contributed by atoms with Crippen molar-refractivity contribution in [3.63, 3.8) is 0 Å². The summed E-state index contributed by atoms with van der Waals surface area (Å²) in [6.07, 6.45) is 0.575. The predicted molar refractivity (Wildman–Crippen MR) is 70.3 cm³/mol. The Morgan fingerprint density at radius 1 is 1.30 bits per heavy atom. The molecule has 1 N–H and O–H groups in total. The Morgan fingerprint density at radius 2 is 2.10 bits per heavy atom. The molecule has 6 heteroatoms. The van der Waals surface area contributed by atoms with Crippen LogP contribution >= 0.6 is 0 Å². The highest BCUT2D eigenvalue weighted by molar-refractivity contribution is 6.08. The first-order chi connectivity index (χ1) is 9.56. The maximum Gasteiger partial charge on any atom is 0.265 e. The second kappa shape index (κ2) is 4.63. The lowest BCUT2D eigenvalue weighted by atomic mass is 10.0. The van der Waals surface area contributed by atoms with Crippen molar-refractivity contribution in [2.75, 3.05) is 11.5 Å². The van der Waals surface area contributed by atoms with Gasteiger partial charge in [0.2, 0.25) is 11.8 Å². The summed E-state index contributed by atoms with van der Waals surface area (Å²) in [5.41, 5.74) is 1.60. The molecule has 0 aromatic heterocycles. The lowest BCUT2D eigenvalue weighted by Crippen LogP contribution is -2.56. The highest BCUT2D eigenvalue weighted by Crippen LogP contribution is 2.35. The number of benzene rings is 1. The van der Waals surface area contributed by atoms with Gasteiger partial charge in [-0.25, -0.2) is 0 Å². The highest BCUT2D eigenvalue weighted by Gasteiger charge is 2.38. The topological polar surface area (TPSA) is 75.7 Å². The van der Waals surface area contributed by atoms with Gasteiger partial charge in [-0.05, 0) is 31.0 Å². The second-order valence-corrected chi connectivity index (χ2v) is 4.99. The van der Waals surface area contributed by atoms with Gasteiger partial charge in [0.1, 0.15) is 11.8 Å². The minimum atomic E-state index is -0.648. The summed E-state index contributed by atoms with van der Waals surface area (Å²) in [6, 6.07) is 4.82. The monoisotopic (exact) mass is 274 g/mol. The molecule has 3 amide bonds. The van der Waals surface area contributed by atoms with Crippen LogP contribution in [0.4, 0.5) is 5.69 Å². The van der Waals surface area contributed by atoms with Crippen LogP contribution in [0, 0.1) is 6.92 Å². The summed E-state index contributed by atoms with van der Waals surface area (Å²) < 4.78 is 5.40. The number of hydrogen-bond acceptors (Lipinski definition) is 4. The zero-order chi connectivity index (χ0) is 14.3. The number of imide groups is 1. The molecule has 1 aromatic rings. The molecule has 2 heterocycles. The van der Waals surface area contributed by atoms with E-state index in [4.69, 9.17) is 4.74 Å². The van der Waals surface area contributed by atoms with Gasteiger partial charge >= 0.3 is 0 Å². The third kappa shape index (κ3) is 2.03. The largest absolute Gasteiger partial charge is 0.482 e. The number of aryl methyl sites for hydroxylation is 1. The minimum absolute atomic E-state index is 0.0891. The molecule has 1 fully saturated rings. The molecular weight excluding hydrogens is 260 g/mol. The molecule has 1 aromatic carbocycles. The molecule has 6 nitrogen and oxygen atoms in total. The minimum Gasteiger partial charge on any atom is -0.482 e. The third-order valence-corrected chi connectivity index (χ3v) is 3.52. The molecule has 0 radical (unpaired) electrons. The van der Waals surface area contributed by atoms with Crippen molar-refractivity contribution in [3.8, 4) is 5.75 Å². The van der Waals surface area contributed by atoms with E-state index >= 15 is 0 Å². The summed E-state index contributed by atoms with van der Waals surface area (Å²) in [5.74, 6) is -0.399. The van der Waals surface area contributed by atoms with Crippen LogP contribution in [0.15, 0.2) is 18.2 Å². The van der Waals surface area contributed by atoms with Gasteiger partial charge in [-0.15, -0.1) is 0 Å². The Labute approximate surface area is 115 Å². The van der Waals surface area contributed by atoms with Crippen molar-refractivity contribution in [2.45, 2.75) is 25.8 Å². The first-order valence-electron chi connectivity index (χ1n) is 6.45. The molecule has 2 aliphatic heterocycles. The van der Waals surface area contributed by atoms with Crippen molar-refractivity contribution < 1.29 is 19.1 Å².